The number of rotatable bonds is 8. The Kier molecular flexibility index (Phi) is 5.11. The Morgan fingerprint density at radius 1 is 1.26 bits per heavy atom. The molecule has 3 aliphatic heterocycles. The van der Waals surface area contributed by atoms with Gasteiger partial charge in [0.1, 0.15) is 0 Å². The fraction of sp³-hybridized carbons (Fsp3) is 0.739. The summed E-state index contributed by atoms with van der Waals surface area (Å²) in [6.45, 7) is 21.0. The van der Waals surface area contributed by atoms with E-state index in [1.165, 1.54) is 24.0 Å². The normalized spacial score (nSPS) is 35.8. The maximum absolute atomic E-state index is 13.7. The molecule has 27 heavy (non-hydrogen) atoms. The fourth-order valence-electron chi connectivity index (χ4n) is 5.26. The van der Waals surface area contributed by atoms with Gasteiger partial charge in [-0.2, -0.15) is 0 Å². The maximum atomic E-state index is 13.7. The van der Waals surface area contributed by atoms with E-state index in [1.807, 2.05) is 6.92 Å². The Labute approximate surface area is 166 Å². The second-order valence-electron chi connectivity index (χ2n) is 10.5. The van der Waals surface area contributed by atoms with Crippen LogP contribution in [-0.4, -0.2) is 47.3 Å². The molecule has 1 spiro atoms. The Hall–Kier alpha value is -0.500. The molecule has 6 unspecified atom stereocenters. The number of nitrogens with one attached hydrogen (secondary N) is 1. The predicted molar refractivity (Wildman–Crippen MR) is 119 cm³/mol. The molecule has 4 heteroatoms. The molecule has 1 N–H and O–H groups in total. The van der Waals surface area contributed by atoms with Crippen LogP contribution in [0.15, 0.2) is 35.5 Å². The molecule has 3 aliphatic rings. The Morgan fingerprint density at radius 3 is 2.41 bits per heavy atom. The Bertz CT molecular complexity index is 706. The molecule has 3 saturated heterocycles. The van der Waals surface area contributed by atoms with Gasteiger partial charge in [0.2, 0.25) is 0 Å². The van der Waals surface area contributed by atoms with Gasteiger partial charge in [-0.15, -0.1) is 0 Å². The molecule has 0 radical (unpaired) electrons. The number of allylic oxidation sites excluding steroid dienone is 3. The molecule has 6 atom stereocenters. The molecule has 0 amide bonds. The second kappa shape index (κ2) is 6.51. The zero-order chi connectivity index (χ0) is 20.4. The summed E-state index contributed by atoms with van der Waals surface area (Å²) in [5.74, 6) is 1.54. The van der Waals surface area contributed by atoms with Gasteiger partial charge in [-0.3, -0.25) is 0 Å². The average Bonchev–Trinajstić information content (AvgIpc) is 3.51. The molecule has 0 aromatic carbocycles. The monoisotopic (exact) mass is 394 g/mol. The van der Waals surface area contributed by atoms with Crippen molar-refractivity contribution in [1.82, 2.24) is 9.99 Å². The van der Waals surface area contributed by atoms with Gasteiger partial charge >= 0.3 is 166 Å². The number of halogens is 1. The van der Waals surface area contributed by atoms with Crippen LogP contribution < -0.4 is 5.32 Å². The van der Waals surface area contributed by atoms with Crippen LogP contribution in [0.1, 0.15) is 55.4 Å². The van der Waals surface area contributed by atoms with Crippen molar-refractivity contribution in [2.75, 3.05) is 18.9 Å². The summed E-state index contributed by atoms with van der Waals surface area (Å²) in [4.78, 5) is 0. The Morgan fingerprint density at radius 2 is 1.89 bits per heavy atom. The first-order valence-corrected chi connectivity index (χ1v) is 13.2. The summed E-state index contributed by atoms with van der Waals surface area (Å²) in [5, 5.41) is 3.82. The van der Waals surface area contributed by atoms with Gasteiger partial charge in [-0.1, -0.05) is 0 Å². The molecule has 3 fully saturated rings. The van der Waals surface area contributed by atoms with Crippen molar-refractivity contribution in [3.05, 3.63) is 35.5 Å². The van der Waals surface area contributed by atoms with E-state index in [9.17, 15) is 4.39 Å². The van der Waals surface area contributed by atoms with Crippen LogP contribution >= 0.6 is 6.75 Å². The molecule has 2 nitrogen and oxygen atoms in total. The van der Waals surface area contributed by atoms with E-state index in [0.29, 0.717) is 6.04 Å². The summed E-state index contributed by atoms with van der Waals surface area (Å²) >= 11 is 0. The van der Waals surface area contributed by atoms with Crippen LogP contribution in [0.4, 0.5) is 4.39 Å². The van der Waals surface area contributed by atoms with Gasteiger partial charge in [0.15, 0.2) is 0 Å². The third kappa shape index (κ3) is 3.18. The van der Waals surface area contributed by atoms with Crippen molar-refractivity contribution in [2.24, 2.45) is 11.3 Å². The summed E-state index contributed by atoms with van der Waals surface area (Å²) < 4.78 is 16.6. The molecular weight excluding hydrogens is 354 g/mol. The quantitative estimate of drug-likeness (QED) is 0.312. The van der Waals surface area contributed by atoms with Gasteiger partial charge in [0.25, 0.3) is 0 Å². The van der Waals surface area contributed by atoms with E-state index in [1.54, 1.807) is 11.1 Å². The zero-order valence-electron chi connectivity index (χ0n) is 18.6. The summed E-state index contributed by atoms with van der Waals surface area (Å²) in [5.41, 5.74) is 4.61. The van der Waals surface area contributed by atoms with E-state index < -0.39 is 12.9 Å². The molecule has 0 bridgehead atoms. The van der Waals surface area contributed by atoms with Crippen LogP contribution in [0.25, 0.3) is 0 Å². The van der Waals surface area contributed by atoms with Crippen molar-refractivity contribution in [3.63, 3.8) is 0 Å². The van der Waals surface area contributed by atoms with Crippen LogP contribution in [0.3, 0.4) is 0 Å². The third-order valence-electron chi connectivity index (χ3n) is 7.87. The van der Waals surface area contributed by atoms with E-state index in [0.717, 1.165) is 18.1 Å². The first-order valence-electron chi connectivity index (χ1n) is 10.5. The fourth-order valence-corrected chi connectivity index (χ4v) is 13.6. The van der Waals surface area contributed by atoms with E-state index >= 15 is 0 Å². The van der Waals surface area contributed by atoms with Crippen molar-refractivity contribution in [2.45, 2.75) is 79.2 Å². The second-order valence-corrected chi connectivity index (χ2v) is 16.2. The summed E-state index contributed by atoms with van der Waals surface area (Å²) in [6, 6.07) is 0.587. The number of alkyl halides is 1. The molecule has 154 valence electrons. The zero-order valence-corrected chi connectivity index (χ0v) is 19.5. The summed E-state index contributed by atoms with van der Waals surface area (Å²) in [6.07, 6.45) is 5.40. The van der Waals surface area contributed by atoms with Gasteiger partial charge in [-0.25, -0.2) is 0 Å². The van der Waals surface area contributed by atoms with Gasteiger partial charge < -0.3 is 0 Å². The molecule has 0 aromatic rings. The standard InChI is InChI=1S/C23H40FN2P/c1-10-20(24)16(3)11-15(2)12-25-21-13-27(21)14-22(27)26(27)19(6)17(4)18(5)23(7,8)9/h10-11,16,19-22,25H,1,12-14H2,2-9H3/b15-11+,18-17+. The third-order valence-corrected chi connectivity index (χ3v) is 14.7. The van der Waals surface area contributed by atoms with Crippen molar-refractivity contribution >= 4 is 6.75 Å². The van der Waals surface area contributed by atoms with Crippen LogP contribution in [-0.2, 0) is 0 Å². The first-order chi connectivity index (χ1) is 12.4. The van der Waals surface area contributed by atoms with Crippen molar-refractivity contribution in [1.29, 1.82) is 0 Å². The average molecular weight is 395 g/mol. The molecule has 3 heterocycles. The SMILES string of the molecule is C=CC(F)C(C)/C=C(\C)CNC1CP123CC2N3C(C)/C(C)=C(\C)C(C)(C)C. The molecule has 0 saturated carbocycles. The molecule has 0 aliphatic carbocycles. The van der Waals surface area contributed by atoms with E-state index in [-0.39, 0.29) is 11.3 Å². The van der Waals surface area contributed by atoms with Crippen LogP contribution in [0.5, 0.6) is 0 Å². The topological polar surface area (TPSA) is 15.0 Å². The van der Waals surface area contributed by atoms with Gasteiger partial charge in [-0.05, 0) is 0 Å². The minimum absolute atomic E-state index is 0.0913. The van der Waals surface area contributed by atoms with E-state index in [4.69, 9.17) is 0 Å². The number of hydrogen-bond donors (Lipinski definition) is 1. The minimum atomic E-state index is -1.48. The predicted octanol–water partition coefficient (Wildman–Crippen LogP) is 5.92. The van der Waals surface area contributed by atoms with Gasteiger partial charge in [0, 0.05) is 0 Å². The molecule has 3 rings (SSSR count). The summed E-state index contributed by atoms with van der Waals surface area (Å²) in [7, 11) is 0. The first kappa shape index (κ1) is 21.2. The Balaban J connectivity index is 1.58. The van der Waals surface area contributed by atoms with Crippen molar-refractivity contribution < 1.29 is 4.39 Å². The number of nitrogens with zero attached hydrogens (tertiary/aromatic N) is 1. The van der Waals surface area contributed by atoms with E-state index in [2.05, 4.69) is 71.1 Å². The van der Waals surface area contributed by atoms with Crippen molar-refractivity contribution in [3.8, 4) is 0 Å². The molecule has 0 aromatic heterocycles. The van der Waals surface area contributed by atoms with Gasteiger partial charge in [0.05, 0.1) is 0 Å². The van der Waals surface area contributed by atoms with Crippen LogP contribution in [0.2, 0.25) is 0 Å². The number of hydrogen-bond acceptors (Lipinski definition) is 2. The van der Waals surface area contributed by atoms with Crippen LogP contribution in [0, 0.1) is 11.3 Å². The molecular formula is C23H40FN2P.